The molecule has 7 heteroatoms. The van der Waals surface area contributed by atoms with E-state index in [9.17, 15) is 4.79 Å². The van der Waals surface area contributed by atoms with Gasteiger partial charge in [0.25, 0.3) is 0 Å². The number of methoxy groups -OCH3 is 1. The molecule has 0 fully saturated rings. The Bertz CT molecular complexity index is 568. The maximum Gasteiger partial charge on any atom is 0.243 e. The van der Waals surface area contributed by atoms with E-state index in [-0.39, 0.29) is 23.4 Å². The summed E-state index contributed by atoms with van der Waals surface area (Å²) in [4.78, 5) is 24.3. The predicted octanol–water partition coefficient (Wildman–Crippen LogP) is 1.19. The van der Waals surface area contributed by atoms with Crippen molar-refractivity contribution >= 4 is 17.1 Å². The monoisotopic (exact) mass is 264 g/mol. The van der Waals surface area contributed by atoms with Gasteiger partial charge in [0.1, 0.15) is 10.7 Å². The number of nitrogens with zero attached hydrogens (tertiary/aromatic N) is 3. The highest BCUT2D eigenvalue weighted by molar-refractivity contribution is 7.09. The first-order valence-corrected chi connectivity index (χ1v) is 6.12. The van der Waals surface area contributed by atoms with Crippen molar-refractivity contribution in [1.82, 2.24) is 15.0 Å². The minimum Gasteiger partial charge on any atom is -0.479 e. The fourth-order valence-corrected chi connectivity index (χ4v) is 2.11. The molecule has 0 amide bonds. The fourth-order valence-electron chi connectivity index (χ4n) is 1.35. The molecule has 0 radical (unpaired) electrons. The molecule has 0 aliphatic carbocycles. The number of rotatable bonds is 4. The van der Waals surface area contributed by atoms with Crippen molar-refractivity contribution in [1.29, 1.82) is 0 Å². The third-order valence-electron chi connectivity index (χ3n) is 2.22. The zero-order valence-corrected chi connectivity index (χ0v) is 10.8. The van der Waals surface area contributed by atoms with Crippen LogP contribution in [0.5, 0.6) is 5.88 Å². The average molecular weight is 264 g/mol. The van der Waals surface area contributed by atoms with E-state index in [0.29, 0.717) is 10.7 Å². The van der Waals surface area contributed by atoms with E-state index in [4.69, 9.17) is 10.5 Å². The van der Waals surface area contributed by atoms with Gasteiger partial charge in [0.2, 0.25) is 11.7 Å². The molecule has 2 N–H and O–H groups in total. The average Bonchev–Trinajstić information content (AvgIpc) is 2.87. The van der Waals surface area contributed by atoms with Crippen molar-refractivity contribution < 1.29 is 9.53 Å². The third-order valence-corrected chi connectivity index (χ3v) is 3.26. The molecule has 2 aromatic heterocycles. The summed E-state index contributed by atoms with van der Waals surface area (Å²) in [6, 6.07) is -0.194. The normalized spacial score (nSPS) is 12.2. The maximum absolute atomic E-state index is 12.2. The van der Waals surface area contributed by atoms with Crippen LogP contribution in [0.4, 0.5) is 0 Å². The van der Waals surface area contributed by atoms with Crippen molar-refractivity contribution in [3.05, 3.63) is 34.2 Å². The molecule has 0 spiro atoms. The number of hydrogen-bond acceptors (Lipinski definition) is 7. The van der Waals surface area contributed by atoms with Crippen molar-refractivity contribution in [2.45, 2.75) is 13.0 Å². The van der Waals surface area contributed by atoms with E-state index in [2.05, 4.69) is 15.0 Å². The van der Waals surface area contributed by atoms with E-state index < -0.39 is 0 Å². The molecule has 2 heterocycles. The van der Waals surface area contributed by atoms with Crippen molar-refractivity contribution in [2.75, 3.05) is 7.11 Å². The van der Waals surface area contributed by atoms with Crippen molar-refractivity contribution in [2.24, 2.45) is 5.73 Å². The Labute approximate surface area is 108 Å². The lowest BCUT2D eigenvalue weighted by Gasteiger charge is -2.02. The Balaban J connectivity index is 2.35. The van der Waals surface area contributed by atoms with Gasteiger partial charge in [-0.3, -0.25) is 4.79 Å². The Kier molecular flexibility index (Phi) is 3.63. The molecule has 0 aliphatic rings. The Morgan fingerprint density at radius 1 is 1.44 bits per heavy atom. The van der Waals surface area contributed by atoms with Crippen LogP contribution in [-0.2, 0) is 0 Å². The second kappa shape index (κ2) is 5.19. The van der Waals surface area contributed by atoms with Gasteiger partial charge in [-0.15, -0.1) is 11.3 Å². The lowest BCUT2D eigenvalue weighted by atomic mass is 10.2. The Morgan fingerprint density at radius 3 is 2.78 bits per heavy atom. The van der Waals surface area contributed by atoms with Gasteiger partial charge >= 0.3 is 0 Å². The van der Waals surface area contributed by atoms with Gasteiger partial charge in [0.15, 0.2) is 5.69 Å². The molecule has 18 heavy (non-hydrogen) atoms. The summed E-state index contributed by atoms with van der Waals surface area (Å²) >= 11 is 1.35. The van der Waals surface area contributed by atoms with Gasteiger partial charge in [-0.25, -0.2) is 15.0 Å². The van der Waals surface area contributed by atoms with Crippen molar-refractivity contribution in [3.63, 3.8) is 0 Å². The number of ether oxygens (including phenoxy) is 1. The number of carbonyl (C=O) groups excluding carboxylic acids is 1. The first kappa shape index (κ1) is 12.6. The Morgan fingerprint density at radius 2 is 2.17 bits per heavy atom. The predicted molar refractivity (Wildman–Crippen MR) is 66.7 cm³/mol. The van der Waals surface area contributed by atoms with Gasteiger partial charge in [0, 0.05) is 17.8 Å². The second-order valence-corrected chi connectivity index (χ2v) is 4.49. The van der Waals surface area contributed by atoms with Gasteiger partial charge in [-0.1, -0.05) is 0 Å². The lowest BCUT2D eigenvalue weighted by molar-refractivity contribution is 0.102. The molecule has 1 atom stereocenters. The zero-order chi connectivity index (χ0) is 13.1. The quantitative estimate of drug-likeness (QED) is 0.834. The number of nitrogens with two attached hydrogens (primary N) is 1. The van der Waals surface area contributed by atoms with Crippen LogP contribution in [0.3, 0.4) is 0 Å². The highest BCUT2D eigenvalue weighted by atomic mass is 32.1. The summed E-state index contributed by atoms with van der Waals surface area (Å²) in [6.07, 6.45) is 2.90. The lowest BCUT2D eigenvalue weighted by Crippen LogP contribution is -2.09. The molecule has 0 saturated carbocycles. The van der Waals surface area contributed by atoms with Crippen LogP contribution < -0.4 is 10.5 Å². The number of hydrogen-bond donors (Lipinski definition) is 1. The molecule has 94 valence electrons. The number of carbonyl (C=O) groups is 1. The SMILES string of the molecule is COc1nccnc1C(=O)c1csc(C(C)N)n1. The fraction of sp³-hybridized carbons (Fsp3) is 0.273. The first-order valence-electron chi connectivity index (χ1n) is 5.24. The minimum absolute atomic E-state index is 0.154. The summed E-state index contributed by atoms with van der Waals surface area (Å²) in [5.41, 5.74) is 6.17. The van der Waals surface area contributed by atoms with E-state index in [1.54, 1.807) is 5.38 Å². The molecular formula is C11H12N4O2S. The minimum atomic E-state index is -0.317. The van der Waals surface area contributed by atoms with Crippen LogP contribution in [0.25, 0.3) is 0 Å². The molecule has 6 nitrogen and oxygen atoms in total. The third kappa shape index (κ3) is 2.36. The largest absolute Gasteiger partial charge is 0.479 e. The molecule has 0 aromatic carbocycles. The highest BCUT2D eigenvalue weighted by Crippen LogP contribution is 2.20. The van der Waals surface area contributed by atoms with Crippen LogP contribution in [0.1, 0.15) is 34.2 Å². The summed E-state index contributed by atoms with van der Waals surface area (Å²) < 4.78 is 5.00. The van der Waals surface area contributed by atoms with Crippen LogP contribution in [0.15, 0.2) is 17.8 Å². The van der Waals surface area contributed by atoms with Gasteiger partial charge in [0.05, 0.1) is 13.2 Å². The standard InChI is InChI=1S/C11H12N4O2S/c1-6(12)11-15-7(5-18-11)9(16)8-10(17-2)14-4-3-13-8/h3-6H,12H2,1-2H3. The molecule has 0 saturated heterocycles. The maximum atomic E-state index is 12.2. The summed E-state index contributed by atoms with van der Waals surface area (Å²) in [5, 5.41) is 2.37. The van der Waals surface area contributed by atoms with Gasteiger partial charge < -0.3 is 10.5 Å². The van der Waals surface area contributed by atoms with E-state index >= 15 is 0 Å². The van der Waals surface area contributed by atoms with E-state index in [0.717, 1.165) is 0 Å². The number of aromatic nitrogens is 3. The Hall–Kier alpha value is -1.86. The van der Waals surface area contributed by atoms with Crippen LogP contribution in [0.2, 0.25) is 0 Å². The number of ketones is 1. The van der Waals surface area contributed by atoms with Crippen LogP contribution in [-0.4, -0.2) is 27.8 Å². The molecule has 0 aliphatic heterocycles. The van der Waals surface area contributed by atoms with E-state index in [1.165, 1.54) is 30.8 Å². The van der Waals surface area contributed by atoms with Crippen LogP contribution in [0, 0.1) is 0 Å². The second-order valence-electron chi connectivity index (χ2n) is 3.60. The molecule has 0 bridgehead atoms. The zero-order valence-electron chi connectivity index (χ0n) is 9.95. The molecule has 2 rings (SSSR count). The smallest absolute Gasteiger partial charge is 0.243 e. The van der Waals surface area contributed by atoms with Crippen LogP contribution >= 0.6 is 11.3 Å². The summed E-state index contributed by atoms with van der Waals surface area (Å²) in [7, 11) is 1.44. The molecule has 2 aromatic rings. The first-order chi connectivity index (χ1) is 8.63. The van der Waals surface area contributed by atoms with Gasteiger partial charge in [-0.05, 0) is 6.92 Å². The topological polar surface area (TPSA) is 91.0 Å². The van der Waals surface area contributed by atoms with Crippen molar-refractivity contribution in [3.8, 4) is 5.88 Å². The highest BCUT2D eigenvalue weighted by Gasteiger charge is 2.20. The number of thiazole rings is 1. The summed E-state index contributed by atoms with van der Waals surface area (Å²) in [5.74, 6) is -0.124. The van der Waals surface area contributed by atoms with E-state index in [1.807, 2.05) is 6.92 Å². The van der Waals surface area contributed by atoms with Gasteiger partial charge in [-0.2, -0.15) is 0 Å². The molecule has 1 unspecified atom stereocenters. The summed E-state index contributed by atoms with van der Waals surface area (Å²) in [6.45, 7) is 1.82. The molecular weight excluding hydrogens is 252 g/mol.